The second kappa shape index (κ2) is 7.79. The van der Waals surface area contributed by atoms with Crippen molar-refractivity contribution in [1.82, 2.24) is 29.2 Å². The van der Waals surface area contributed by atoms with Crippen molar-refractivity contribution in [2.75, 3.05) is 13.1 Å². The average molecular weight is 386 g/mol. The fourth-order valence-corrected chi connectivity index (χ4v) is 3.87. The van der Waals surface area contributed by atoms with Crippen molar-refractivity contribution >= 4 is 0 Å². The molecule has 0 saturated carbocycles. The Bertz CT molecular complexity index is 950. The summed E-state index contributed by atoms with van der Waals surface area (Å²) in [6, 6.07) is 3.32. The highest BCUT2D eigenvalue weighted by atomic mass is 19.2. The number of hydrogen-bond acceptors (Lipinski definition) is 4. The number of benzene rings is 1. The fourth-order valence-electron chi connectivity index (χ4n) is 3.87. The van der Waals surface area contributed by atoms with Gasteiger partial charge in [-0.2, -0.15) is 0 Å². The van der Waals surface area contributed by atoms with Crippen LogP contribution in [0.1, 0.15) is 41.5 Å². The number of aromatic nitrogens is 5. The zero-order valence-electron chi connectivity index (χ0n) is 16.1. The van der Waals surface area contributed by atoms with E-state index >= 15 is 0 Å². The summed E-state index contributed by atoms with van der Waals surface area (Å²) in [7, 11) is 1.98. The van der Waals surface area contributed by atoms with Crippen LogP contribution in [0.15, 0.2) is 30.9 Å². The third-order valence-corrected chi connectivity index (χ3v) is 5.50. The van der Waals surface area contributed by atoms with E-state index in [1.165, 1.54) is 0 Å². The topological polar surface area (TPSA) is 51.8 Å². The van der Waals surface area contributed by atoms with Gasteiger partial charge >= 0.3 is 0 Å². The minimum Gasteiger partial charge on any atom is -0.330 e. The molecule has 4 rings (SSSR count). The van der Waals surface area contributed by atoms with Crippen LogP contribution in [0.5, 0.6) is 0 Å². The van der Waals surface area contributed by atoms with Crippen LogP contribution in [-0.4, -0.2) is 42.3 Å². The summed E-state index contributed by atoms with van der Waals surface area (Å²) in [4.78, 5) is 6.23. The molecule has 1 unspecified atom stereocenters. The summed E-state index contributed by atoms with van der Waals surface area (Å²) >= 11 is 0. The molecule has 1 saturated heterocycles. The summed E-state index contributed by atoms with van der Waals surface area (Å²) < 4.78 is 32.1. The first kappa shape index (κ1) is 18.7. The molecule has 1 aliphatic rings. The molecule has 3 heterocycles. The maximum absolute atomic E-state index is 14.2. The maximum Gasteiger partial charge on any atom is 0.163 e. The molecule has 3 aromatic rings. The van der Waals surface area contributed by atoms with Crippen LogP contribution >= 0.6 is 0 Å². The number of nitrogens with zero attached hydrogens (tertiary/aromatic N) is 6. The smallest absolute Gasteiger partial charge is 0.163 e. The third kappa shape index (κ3) is 3.69. The second-order valence-corrected chi connectivity index (χ2v) is 7.51. The monoisotopic (exact) mass is 386 g/mol. The molecular formula is C20H24F2N6. The highest BCUT2D eigenvalue weighted by Gasteiger charge is 2.27. The lowest BCUT2D eigenvalue weighted by molar-refractivity contribution is 0.192. The van der Waals surface area contributed by atoms with Gasteiger partial charge in [0.1, 0.15) is 5.82 Å². The van der Waals surface area contributed by atoms with Gasteiger partial charge in [-0.05, 0) is 31.9 Å². The molecule has 1 aliphatic heterocycles. The van der Waals surface area contributed by atoms with Crippen molar-refractivity contribution in [3.05, 3.63) is 65.3 Å². The number of hydrogen-bond donors (Lipinski definition) is 0. The predicted octanol–water partition coefficient (Wildman–Crippen LogP) is 3.03. The molecule has 0 spiro atoms. The molecule has 1 fully saturated rings. The van der Waals surface area contributed by atoms with Crippen LogP contribution < -0.4 is 0 Å². The minimum absolute atomic E-state index is 0.223. The summed E-state index contributed by atoms with van der Waals surface area (Å²) in [5, 5.41) is 8.77. The van der Waals surface area contributed by atoms with Crippen LogP contribution in [-0.2, 0) is 20.1 Å². The van der Waals surface area contributed by atoms with Gasteiger partial charge in [0, 0.05) is 44.0 Å². The number of piperidine rings is 1. The van der Waals surface area contributed by atoms with E-state index in [1.807, 2.05) is 22.4 Å². The van der Waals surface area contributed by atoms with Crippen LogP contribution in [0.3, 0.4) is 0 Å². The summed E-state index contributed by atoms with van der Waals surface area (Å²) in [6.45, 7) is 4.22. The Morgan fingerprint density at radius 2 is 2.00 bits per heavy atom. The lowest BCUT2D eigenvalue weighted by Gasteiger charge is -2.32. The number of halogens is 2. The number of imidazole rings is 1. The van der Waals surface area contributed by atoms with Gasteiger partial charge in [-0.25, -0.2) is 13.8 Å². The Labute approximate surface area is 162 Å². The van der Waals surface area contributed by atoms with Gasteiger partial charge in [0.05, 0.1) is 12.9 Å². The molecule has 0 bridgehead atoms. The van der Waals surface area contributed by atoms with Crippen LogP contribution in [0.25, 0.3) is 0 Å². The molecule has 0 N–H and O–H groups in total. The van der Waals surface area contributed by atoms with Crippen molar-refractivity contribution in [2.45, 2.75) is 38.8 Å². The molecule has 0 amide bonds. The normalized spacial score (nSPS) is 17.9. The number of likely N-dealkylation sites (tertiary alicyclic amines) is 1. The van der Waals surface area contributed by atoms with Gasteiger partial charge < -0.3 is 9.13 Å². The van der Waals surface area contributed by atoms with Crippen molar-refractivity contribution < 1.29 is 8.78 Å². The van der Waals surface area contributed by atoms with Gasteiger partial charge in [0.25, 0.3) is 0 Å². The first-order valence-corrected chi connectivity index (χ1v) is 9.52. The van der Waals surface area contributed by atoms with Crippen molar-refractivity contribution in [3.63, 3.8) is 0 Å². The van der Waals surface area contributed by atoms with Crippen LogP contribution in [0.2, 0.25) is 0 Å². The van der Waals surface area contributed by atoms with Gasteiger partial charge in [0.2, 0.25) is 0 Å². The zero-order valence-corrected chi connectivity index (χ0v) is 16.1. The zero-order chi connectivity index (χ0) is 19.7. The molecule has 0 radical (unpaired) electrons. The fraction of sp³-hybridized carbons (Fsp3) is 0.450. The standard InChI is InChI=1S/C20H24F2N6/c1-14-5-6-15(19(22)18(14)21)10-27-8-3-4-16(11-27)20-25-24-17(26(20)2)12-28-9-7-23-13-28/h5-7,9,13,16H,3-4,8,10-12H2,1-2H3. The van der Waals surface area contributed by atoms with E-state index in [0.717, 1.165) is 37.6 Å². The predicted molar refractivity (Wildman–Crippen MR) is 101 cm³/mol. The lowest BCUT2D eigenvalue weighted by Crippen LogP contribution is -2.35. The lowest BCUT2D eigenvalue weighted by atomic mass is 9.96. The maximum atomic E-state index is 14.2. The van der Waals surface area contributed by atoms with Crippen molar-refractivity contribution in [3.8, 4) is 0 Å². The summed E-state index contributed by atoms with van der Waals surface area (Å²) in [5.74, 6) is 0.556. The van der Waals surface area contributed by atoms with Crippen LogP contribution in [0.4, 0.5) is 8.78 Å². The molecule has 8 heteroatoms. The molecule has 1 atom stereocenters. The summed E-state index contributed by atoms with van der Waals surface area (Å²) in [5.41, 5.74) is 0.741. The number of rotatable bonds is 5. The van der Waals surface area contributed by atoms with Crippen molar-refractivity contribution in [2.24, 2.45) is 7.05 Å². The molecule has 148 valence electrons. The van der Waals surface area contributed by atoms with E-state index in [9.17, 15) is 8.78 Å². The molecular weight excluding hydrogens is 362 g/mol. The molecule has 2 aromatic heterocycles. The Morgan fingerprint density at radius 1 is 1.14 bits per heavy atom. The molecule has 28 heavy (non-hydrogen) atoms. The van der Waals surface area contributed by atoms with Crippen molar-refractivity contribution in [1.29, 1.82) is 0 Å². The Hall–Kier alpha value is -2.61. The molecule has 1 aromatic carbocycles. The highest BCUT2D eigenvalue weighted by Crippen LogP contribution is 2.27. The minimum atomic E-state index is -0.747. The summed E-state index contributed by atoms with van der Waals surface area (Å²) in [6.07, 6.45) is 7.39. The van der Waals surface area contributed by atoms with Gasteiger partial charge in [0.15, 0.2) is 17.5 Å². The van der Waals surface area contributed by atoms with E-state index in [2.05, 4.69) is 20.1 Å². The second-order valence-electron chi connectivity index (χ2n) is 7.51. The van der Waals surface area contributed by atoms with E-state index in [4.69, 9.17) is 0 Å². The van der Waals surface area contributed by atoms with E-state index in [0.29, 0.717) is 24.2 Å². The molecule has 6 nitrogen and oxygen atoms in total. The first-order chi connectivity index (χ1) is 13.5. The van der Waals surface area contributed by atoms with Gasteiger partial charge in [-0.3, -0.25) is 4.90 Å². The van der Waals surface area contributed by atoms with Crippen LogP contribution in [0, 0.1) is 18.6 Å². The van der Waals surface area contributed by atoms with Gasteiger partial charge in [-0.1, -0.05) is 12.1 Å². The van der Waals surface area contributed by atoms with Gasteiger partial charge in [-0.15, -0.1) is 10.2 Å². The Morgan fingerprint density at radius 3 is 2.79 bits per heavy atom. The quantitative estimate of drug-likeness (QED) is 0.676. The number of aryl methyl sites for hydroxylation is 1. The Kier molecular flexibility index (Phi) is 5.21. The SMILES string of the molecule is Cc1ccc(CN2CCCC(c3nnc(Cn4ccnc4)n3C)C2)c(F)c1F. The first-order valence-electron chi connectivity index (χ1n) is 9.52. The largest absolute Gasteiger partial charge is 0.330 e. The average Bonchev–Trinajstić information content (AvgIpc) is 3.33. The van der Waals surface area contributed by atoms with E-state index in [1.54, 1.807) is 31.6 Å². The van der Waals surface area contributed by atoms with E-state index in [-0.39, 0.29) is 5.92 Å². The third-order valence-electron chi connectivity index (χ3n) is 5.50. The van der Waals surface area contributed by atoms with E-state index < -0.39 is 11.6 Å². The Balaban J connectivity index is 1.47. The highest BCUT2D eigenvalue weighted by molar-refractivity contribution is 5.25. The molecule has 0 aliphatic carbocycles.